The van der Waals surface area contributed by atoms with Crippen LogP contribution in [-0.2, 0) is 4.74 Å². The molecule has 1 aromatic carbocycles. The number of benzene rings is 1. The van der Waals surface area contributed by atoms with Crippen LogP contribution >= 0.6 is 0 Å². The smallest absolute Gasteiger partial charge is 0.338 e. The van der Waals surface area contributed by atoms with Crippen LogP contribution in [0.15, 0.2) is 18.2 Å². The van der Waals surface area contributed by atoms with Crippen LogP contribution < -0.4 is 5.32 Å². The zero-order chi connectivity index (χ0) is 14.3. The molecule has 0 aromatic heterocycles. The lowest BCUT2D eigenvalue weighted by atomic mass is 10.1. The normalized spacial score (nSPS) is 10.8. The summed E-state index contributed by atoms with van der Waals surface area (Å²) in [7, 11) is 0. The van der Waals surface area contributed by atoms with E-state index < -0.39 is 17.6 Å². The Morgan fingerprint density at radius 1 is 1.26 bits per heavy atom. The maximum absolute atomic E-state index is 12.9. The molecule has 0 aliphatic rings. The lowest BCUT2D eigenvalue weighted by Crippen LogP contribution is -2.23. The van der Waals surface area contributed by atoms with Gasteiger partial charge >= 0.3 is 5.97 Å². The molecule has 1 rings (SSSR count). The second kappa shape index (κ2) is 7.84. The van der Waals surface area contributed by atoms with Gasteiger partial charge in [0, 0.05) is 6.54 Å². The molecule has 0 saturated carbocycles. The van der Waals surface area contributed by atoms with Gasteiger partial charge in [-0.1, -0.05) is 13.8 Å². The number of rotatable bonds is 7. The molecular weight excluding hydrogens is 252 g/mol. The van der Waals surface area contributed by atoms with Crippen molar-refractivity contribution in [3.63, 3.8) is 0 Å². The minimum Gasteiger partial charge on any atom is -0.461 e. The van der Waals surface area contributed by atoms with Crippen molar-refractivity contribution in [3.05, 3.63) is 35.4 Å². The zero-order valence-corrected chi connectivity index (χ0v) is 11.2. The third-order valence-electron chi connectivity index (χ3n) is 2.57. The molecule has 0 heterocycles. The van der Waals surface area contributed by atoms with Gasteiger partial charge in [-0.25, -0.2) is 13.6 Å². The highest BCUT2D eigenvalue weighted by atomic mass is 19.2. The summed E-state index contributed by atoms with van der Waals surface area (Å²) in [5.74, 6) is -2.06. The van der Waals surface area contributed by atoms with Gasteiger partial charge in [-0.2, -0.15) is 0 Å². The molecule has 1 aromatic rings. The van der Waals surface area contributed by atoms with Crippen molar-refractivity contribution in [1.29, 1.82) is 0 Å². The molecule has 0 unspecified atom stereocenters. The summed E-state index contributed by atoms with van der Waals surface area (Å²) in [6.07, 6.45) is 1.05. The van der Waals surface area contributed by atoms with Gasteiger partial charge in [0.2, 0.25) is 0 Å². The van der Waals surface area contributed by atoms with Crippen LogP contribution in [0, 0.1) is 17.6 Å². The summed E-state index contributed by atoms with van der Waals surface area (Å²) in [5, 5.41) is 3.13. The number of ether oxygens (including phenoxy) is 1. The molecule has 106 valence electrons. The van der Waals surface area contributed by atoms with Gasteiger partial charge in [-0.3, -0.25) is 0 Å². The van der Waals surface area contributed by atoms with E-state index in [1.54, 1.807) is 0 Å². The summed E-state index contributed by atoms with van der Waals surface area (Å²) in [4.78, 5) is 11.5. The van der Waals surface area contributed by atoms with E-state index in [1.807, 2.05) is 0 Å². The molecule has 0 radical (unpaired) electrons. The van der Waals surface area contributed by atoms with Crippen molar-refractivity contribution in [2.24, 2.45) is 5.92 Å². The predicted molar refractivity (Wildman–Crippen MR) is 69.0 cm³/mol. The highest BCUT2D eigenvalue weighted by Gasteiger charge is 2.10. The lowest BCUT2D eigenvalue weighted by Gasteiger charge is -2.08. The van der Waals surface area contributed by atoms with Gasteiger partial charge in [0.05, 0.1) is 5.56 Å². The van der Waals surface area contributed by atoms with Gasteiger partial charge in [0.1, 0.15) is 6.61 Å². The first-order chi connectivity index (χ1) is 9.00. The Hall–Kier alpha value is -1.49. The molecule has 0 aliphatic carbocycles. The predicted octanol–water partition coefficient (Wildman–Crippen LogP) is 2.76. The van der Waals surface area contributed by atoms with Gasteiger partial charge in [-0.15, -0.1) is 0 Å². The fraction of sp³-hybridized carbons (Fsp3) is 0.500. The minimum atomic E-state index is -1.05. The maximum Gasteiger partial charge on any atom is 0.338 e. The molecule has 0 amide bonds. The molecule has 0 aliphatic heterocycles. The Balaban J connectivity index is 2.26. The highest BCUT2D eigenvalue weighted by molar-refractivity contribution is 5.89. The molecule has 0 saturated heterocycles. The summed E-state index contributed by atoms with van der Waals surface area (Å²) in [6.45, 7) is 5.87. The number of halogens is 2. The van der Waals surface area contributed by atoms with Crippen molar-refractivity contribution < 1.29 is 18.3 Å². The first-order valence-corrected chi connectivity index (χ1v) is 6.33. The van der Waals surface area contributed by atoms with E-state index >= 15 is 0 Å². The summed E-state index contributed by atoms with van der Waals surface area (Å²) < 4.78 is 30.5. The number of esters is 1. The third-order valence-corrected chi connectivity index (χ3v) is 2.57. The van der Waals surface area contributed by atoms with E-state index in [4.69, 9.17) is 4.74 Å². The monoisotopic (exact) mass is 271 g/mol. The Labute approximate surface area is 112 Å². The van der Waals surface area contributed by atoms with E-state index in [0.29, 0.717) is 12.5 Å². The standard InChI is InChI=1S/C14H19F2NO2/c1-10(2)5-6-17-7-8-19-14(18)11-3-4-12(15)13(16)9-11/h3-4,9-10,17H,5-8H2,1-2H3. The van der Waals surface area contributed by atoms with E-state index in [9.17, 15) is 13.6 Å². The van der Waals surface area contributed by atoms with Crippen molar-refractivity contribution in [2.75, 3.05) is 19.7 Å². The topological polar surface area (TPSA) is 38.3 Å². The summed E-state index contributed by atoms with van der Waals surface area (Å²) in [5.41, 5.74) is 0.0149. The quantitative estimate of drug-likeness (QED) is 0.612. The van der Waals surface area contributed by atoms with Crippen LogP contribution in [0.25, 0.3) is 0 Å². The molecule has 0 fully saturated rings. The third kappa shape index (κ3) is 5.79. The lowest BCUT2D eigenvalue weighted by molar-refractivity contribution is 0.0508. The largest absolute Gasteiger partial charge is 0.461 e. The van der Waals surface area contributed by atoms with Crippen molar-refractivity contribution in [1.82, 2.24) is 5.32 Å². The Morgan fingerprint density at radius 3 is 2.63 bits per heavy atom. The molecule has 1 N–H and O–H groups in total. The SMILES string of the molecule is CC(C)CCNCCOC(=O)c1ccc(F)c(F)c1. The van der Waals surface area contributed by atoms with Crippen molar-refractivity contribution >= 4 is 5.97 Å². The molecule has 3 nitrogen and oxygen atoms in total. The average Bonchev–Trinajstić information content (AvgIpc) is 2.36. The Bertz CT molecular complexity index is 422. The first kappa shape index (κ1) is 15.6. The maximum atomic E-state index is 12.9. The van der Waals surface area contributed by atoms with Crippen molar-refractivity contribution in [2.45, 2.75) is 20.3 Å². The number of carbonyl (C=O) groups is 1. The van der Waals surface area contributed by atoms with Crippen LogP contribution in [0.5, 0.6) is 0 Å². The number of hydrogen-bond donors (Lipinski definition) is 1. The Kier molecular flexibility index (Phi) is 6.42. The molecule has 0 atom stereocenters. The van der Waals surface area contributed by atoms with Gasteiger partial charge in [0.25, 0.3) is 0 Å². The summed E-state index contributed by atoms with van der Waals surface area (Å²) >= 11 is 0. The zero-order valence-electron chi connectivity index (χ0n) is 11.2. The number of hydrogen-bond acceptors (Lipinski definition) is 3. The van der Waals surface area contributed by atoms with Gasteiger partial charge in [0.15, 0.2) is 11.6 Å². The van der Waals surface area contributed by atoms with Gasteiger partial charge in [-0.05, 0) is 37.1 Å². The second-order valence-electron chi connectivity index (χ2n) is 4.70. The average molecular weight is 271 g/mol. The molecule has 19 heavy (non-hydrogen) atoms. The van der Waals surface area contributed by atoms with E-state index in [0.717, 1.165) is 25.1 Å². The van der Waals surface area contributed by atoms with Gasteiger partial charge < -0.3 is 10.1 Å². The van der Waals surface area contributed by atoms with Crippen LogP contribution in [0.1, 0.15) is 30.6 Å². The van der Waals surface area contributed by atoms with Crippen LogP contribution in [0.2, 0.25) is 0 Å². The van der Waals surface area contributed by atoms with E-state index in [-0.39, 0.29) is 12.2 Å². The van der Waals surface area contributed by atoms with E-state index in [2.05, 4.69) is 19.2 Å². The van der Waals surface area contributed by atoms with Crippen LogP contribution in [0.4, 0.5) is 8.78 Å². The molecule has 0 bridgehead atoms. The number of carbonyl (C=O) groups excluding carboxylic acids is 1. The Morgan fingerprint density at radius 2 is 2.00 bits per heavy atom. The molecule has 5 heteroatoms. The minimum absolute atomic E-state index is 0.0149. The fourth-order valence-corrected chi connectivity index (χ4v) is 1.44. The van der Waals surface area contributed by atoms with Crippen LogP contribution in [-0.4, -0.2) is 25.7 Å². The second-order valence-corrected chi connectivity index (χ2v) is 4.70. The van der Waals surface area contributed by atoms with Crippen LogP contribution in [0.3, 0.4) is 0 Å². The number of nitrogens with one attached hydrogen (secondary N) is 1. The first-order valence-electron chi connectivity index (χ1n) is 6.33. The highest BCUT2D eigenvalue weighted by Crippen LogP contribution is 2.09. The van der Waals surface area contributed by atoms with E-state index in [1.165, 1.54) is 6.07 Å². The van der Waals surface area contributed by atoms with Crippen molar-refractivity contribution in [3.8, 4) is 0 Å². The summed E-state index contributed by atoms with van der Waals surface area (Å²) in [6, 6.07) is 2.95. The molecule has 0 spiro atoms. The fourth-order valence-electron chi connectivity index (χ4n) is 1.44. The molecular formula is C14H19F2NO2.